The van der Waals surface area contributed by atoms with E-state index >= 15 is 0 Å². The van der Waals surface area contributed by atoms with E-state index in [1.807, 2.05) is 67.6 Å². The molecule has 0 aliphatic heterocycles. The zero-order chi connectivity index (χ0) is 19.5. The van der Waals surface area contributed by atoms with Crippen LogP contribution < -0.4 is 10.6 Å². The van der Waals surface area contributed by atoms with Gasteiger partial charge in [-0.2, -0.15) is 0 Å². The van der Waals surface area contributed by atoms with Crippen molar-refractivity contribution in [2.45, 2.75) is 13.3 Å². The third-order valence-electron chi connectivity index (χ3n) is 4.83. The van der Waals surface area contributed by atoms with Crippen LogP contribution in [0.5, 0.6) is 0 Å². The third kappa shape index (κ3) is 4.12. The Morgan fingerprint density at radius 1 is 1.04 bits per heavy atom. The van der Waals surface area contributed by atoms with Gasteiger partial charge in [-0.25, -0.2) is 4.98 Å². The molecule has 142 valence electrons. The maximum atomic E-state index is 12.3. The molecule has 2 amide bonds. The molecule has 0 spiro atoms. The fourth-order valence-electron chi connectivity index (χ4n) is 3.10. The summed E-state index contributed by atoms with van der Waals surface area (Å²) in [6.45, 7) is 2.00. The Morgan fingerprint density at radius 2 is 1.64 bits per heavy atom. The molecule has 6 heteroatoms. The van der Waals surface area contributed by atoms with Crippen molar-refractivity contribution in [3.05, 3.63) is 60.7 Å². The highest BCUT2D eigenvalue weighted by molar-refractivity contribution is 7.19. The minimum absolute atomic E-state index is 0.0387. The summed E-state index contributed by atoms with van der Waals surface area (Å²) in [7, 11) is 0. The van der Waals surface area contributed by atoms with Crippen molar-refractivity contribution < 1.29 is 9.59 Å². The fourth-order valence-corrected chi connectivity index (χ4v) is 4.11. The predicted molar refractivity (Wildman–Crippen MR) is 112 cm³/mol. The van der Waals surface area contributed by atoms with Crippen LogP contribution in [0.2, 0.25) is 0 Å². The number of benzene rings is 2. The Bertz CT molecular complexity index is 929. The lowest BCUT2D eigenvalue weighted by atomic mass is 10.1. The van der Waals surface area contributed by atoms with Crippen molar-refractivity contribution in [1.29, 1.82) is 0 Å². The second-order valence-electron chi connectivity index (χ2n) is 7.01. The van der Waals surface area contributed by atoms with Crippen LogP contribution in [0.3, 0.4) is 0 Å². The highest BCUT2D eigenvalue weighted by Crippen LogP contribution is 2.39. The molecule has 1 aromatic heterocycles. The number of carbonyl (C=O) groups is 2. The molecule has 4 rings (SSSR count). The molecule has 2 atom stereocenters. The first-order valence-electron chi connectivity index (χ1n) is 9.31. The second kappa shape index (κ2) is 7.94. The predicted octanol–water partition coefficient (Wildman–Crippen LogP) is 4.19. The Hall–Kier alpha value is -2.99. The van der Waals surface area contributed by atoms with Gasteiger partial charge in [0.2, 0.25) is 11.8 Å². The maximum absolute atomic E-state index is 12.3. The van der Waals surface area contributed by atoms with Crippen LogP contribution in [-0.4, -0.2) is 23.3 Å². The topological polar surface area (TPSA) is 71.1 Å². The third-order valence-corrected chi connectivity index (χ3v) is 5.85. The van der Waals surface area contributed by atoms with E-state index in [4.69, 9.17) is 0 Å². The number of hydrogen-bond donors (Lipinski definition) is 2. The molecule has 2 aromatic carbocycles. The molecule has 1 aliphatic carbocycles. The maximum Gasteiger partial charge on any atom is 0.245 e. The molecule has 0 radical (unpaired) electrons. The molecule has 0 bridgehead atoms. The molecule has 1 aliphatic rings. The summed E-state index contributed by atoms with van der Waals surface area (Å²) in [5, 5.41) is 6.05. The normalized spacial score (nSPS) is 17.8. The Kier molecular flexibility index (Phi) is 5.21. The van der Waals surface area contributed by atoms with Gasteiger partial charge in [0.1, 0.15) is 0 Å². The van der Waals surface area contributed by atoms with Crippen LogP contribution in [0, 0.1) is 11.8 Å². The van der Waals surface area contributed by atoms with E-state index in [-0.39, 0.29) is 24.3 Å². The molecule has 0 saturated heterocycles. The summed E-state index contributed by atoms with van der Waals surface area (Å²) in [6, 6.07) is 19.9. The van der Waals surface area contributed by atoms with Crippen LogP contribution in [-0.2, 0) is 9.59 Å². The van der Waals surface area contributed by atoms with Crippen molar-refractivity contribution in [2.75, 3.05) is 11.9 Å². The number of nitrogens with one attached hydrogen (secondary N) is 2. The molecule has 1 fully saturated rings. The van der Waals surface area contributed by atoms with E-state index in [0.717, 1.165) is 28.1 Å². The number of thiazole rings is 1. The van der Waals surface area contributed by atoms with Gasteiger partial charge in [-0.15, -0.1) is 0 Å². The largest absolute Gasteiger partial charge is 0.347 e. The molecule has 2 N–H and O–H groups in total. The first-order chi connectivity index (χ1) is 13.6. The highest BCUT2D eigenvalue weighted by Gasteiger charge is 2.39. The summed E-state index contributed by atoms with van der Waals surface area (Å²) in [5.41, 5.74) is 2.88. The van der Waals surface area contributed by atoms with Crippen molar-refractivity contribution in [2.24, 2.45) is 11.8 Å². The molecule has 5 nitrogen and oxygen atoms in total. The lowest BCUT2D eigenvalue weighted by molar-refractivity contribution is -0.125. The van der Waals surface area contributed by atoms with E-state index in [2.05, 4.69) is 15.6 Å². The number of nitrogens with zero attached hydrogens (tertiary/aromatic N) is 1. The lowest BCUT2D eigenvalue weighted by Crippen LogP contribution is -2.34. The number of rotatable bonds is 6. The number of carbonyl (C=O) groups excluding carboxylic acids is 2. The average Bonchev–Trinajstić information content (AvgIpc) is 3.31. The monoisotopic (exact) mass is 391 g/mol. The molecule has 2 unspecified atom stereocenters. The average molecular weight is 391 g/mol. The second-order valence-corrected chi connectivity index (χ2v) is 8.01. The summed E-state index contributed by atoms with van der Waals surface area (Å²) in [6.07, 6.45) is 0.904. The minimum atomic E-state index is -0.269. The Morgan fingerprint density at radius 3 is 2.25 bits per heavy atom. The van der Waals surface area contributed by atoms with Crippen LogP contribution in [0.15, 0.2) is 60.7 Å². The van der Waals surface area contributed by atoms with Gasteiger partial charge in [0, 0.05) is 11.5 Å². The van der Waals surface area contributed by atoms with E-state index in [9.17, 15) is 9.59 Å². The van der Waals surface area contributed by atoms with Crippen molar-refractivity contribution >= 4 is 28.3 Å². The van der Waals surface area contributed by atoms with E-state index in [1.54, 1.807) is 0 Å². The number of anilines is 1. The summed E-state index contributed by atoms with van der Waals surface area (Å²) in [5.74, 6) is 0.164. The standard InChI is InChI=1S/C22H21N3O2S/c1-14-12-17(14)21(27)23-13-18(26)24-22-25-19(15-8-4-2-5-9-15)20(28-22)16-10-6-3-7-11-16/h2-11,14,17H,12-13H2,1H3,(H,23,27)(H,24,25,26). The van der Waals surface area contributed by atoms with Crippen molar-refractivity contribution in [3.63, 3.8) is 0 Å². The summed E-state index contributed by atoms with van der Waals surface area (Å²) < 4.78 is 0. The van der Waals surface area contributed by atoms with Crippen LogP contribution in [0.4, 0.5) is 5.13 Å². The summed E-state index contributed by atoms with van der Waals surface area (Å²) in [4.78, 5) is 29.8. The van der Waals surface area contributed by atoms with E-state index < -0.39 is 0 Å². The quantitative estimate of drug-likeness (QED) is 0.662. The van der Waals surface area contributed by atoms with Crippen LogP contribution >= 0.6 is 11.3 Å². The van der Waals surface area contributed by atoms with Gasteiger partial charge < -0.3 is 10.6 Å². The molecular weight excluding hydrogens is 370 g/mol. The molecule has 1 heterocycles. The van der Waals surface area contributed by atoms with Gasteiger partial charge in [-0.05, 0) is 17.9 Å². The zero-order valence-electron chi connectivity index (χ0n) is 15.5. The van der Waals surface area contributed by atoms with Crippen molar-refractivity contribution in [3.8, 4) is 21.7 Å². The highest BCUT2D eigenvalue weighted by atomic mass is 32.1. The van der Waals surface area contributed by atoms with E-state index in [0.29, 0.717) is 11.0 Å². The van der Waals surface area contributed by atoms with Gasteiger partial charge in [0.25, 0.3) is 0 Å². The van der Waals surface area contributed by atoms with Gasteiger partial charge >= 0.3 is 0 Å². The first kappa shape index (κ1) is 18.4. The van der Waals surface area contributed by atoms with Gasteiger partial charge in [0.05, 0.1) is 17.1 Å². The minimum Gasteiger partial charge on any atom is -0.347 e. The Balaban J connectivity index is 1.52. The molecule has 3 aromatic rings. The van der Waals surface area contributed by atoms with Gasteiger partial charge in [-0.1, -0.05) is 78.9 Å². The van der Waals surface area contributed by atoms with E-state index in [1.165, 1.54) is 11.3 Å². The van der Waals surface area contributed by atoms with Crippen molar-refractivity contribution in [1.82, 2.24) is 10.3 Å². The molecule has 1 saturated carbocycles. The fraction of sp³-hybridized carbons (Fsp3) is 0.227. The lowest BCUT2D eigenvalue weighted by Gasteiger charge is -2.04. The van der Waals surface area contributed by atoms with Crippen LogP contribution in [0.25, 0.3) is 21.7 Å². The zero-order valence-corrected chi connectivity index (χ0v) is 16.3. The number of hydrogen-bond acceptors (Lipinski definition) is 4. The number of amides is 2. The smallest absolute Gasteiger partial charge is 0.245 e. The summed E-state index contributed by atoms with van der Waals surface area (Å²) >= 11 is 1.43. The molecule has 28 heavy (non-hydrogen) atoms. The number of aromatic nitrogens is 1. The Labute approximate surface area is 167 Å². The van der Waals surface area contributed by atoms with Crippen LogP contribution in [0.1, 0.15) is 13.3 Å². The molecular formula is C22H21N3O2S. The first-order valence-corrected chi connectivity index (χ1v) is 10.1. The van der Waals surface area contributed by atoms with Gasteiger partial charge in [0.15, 0.2) is 5.13 Å². The SMILES string of the molecule is CC1CC1C(=O)NCC(=O)Nc1nc(-c2ccccc2)c(-c2ccccc2)s1. The van der Waals surface area contributed by atoms with Gasteiger partial charge in [-0.3, -0.25) is 9.59 Å².